The van der Waals surface area contributed by atoms with Crippen LogP contribution < -0.4 is 0 Å². The quantitative estimate of drug-likeness (QED) is 0.518. The Morgan fingerprint density at radius 1 is 1.27 bits per heavy atom. The summed E-state index contributed by atoms with van der Waals surface area (Å²) in [6.45, 7) is 5.87. The molecule has 0 amide bonds. The van der Waals surface area contributed by atoms with Crippen molar-refractivity contribution in [2.24, 2.45) is 11.8 Å². The van der Waals surface area contributed by atoms with E-state index in [9.17, 15) is 13.2 Å². The zero-order valence-electron chi connectivity index (χ0n) is 7.20. The van der Waals surface area contributed by atoms with Crippen molar-refractivity contribution >= 4 is 0 Å². The molecule has 0 radical (unpaired) electrons. The van der Waals surface area contributed by atoms with Gasteiger partial charge >= 0.3 is 6.18 Å². The highest BCUT2D eigenvalue weighted by Gasteiger charge is 2.52. The largest absolute Gasteiger partial charge is 0.392 e. The molecule has 0 aromatic heterocycles. The Balaban J connectivity index is 0.000000292. The topological polar surface area (TPSA) is 0 Å². The average Bonchev–Trinajstić information content (AvgIpc) is 2.46. The lowest BCUT2D eigenvalue weighted by molar-refractivity contribution is -0.150. The van der Waals surface area contributed by atoms with Crippen LogP contribution in [-0.2, 0) is 0 Å². The fourth-order valence-electron chi connectivity index (χ4n) is 0.778. The first-order valence-electron chi connectivity index (χ1n) is 4.00. The van der Waals surface area contributed by atoms with Crippen molar-refractivity contribution in [2.75, 3.05) is 0 Å². The highest BCUT2D eigenvalue weighted by molar-refractivity contribution is 4.87. The van der Waals surface area contributed by atoms with Gasteiger partial charge in [0.05, 0.1) is 5.92 Å². The molecule has 0 aliphatic heterocycles. The molecule has 11 heavy (non-hydrogen) atoms. The van der Waals surface area contributed by atoms with Crippen LogP contribution in [0.1, 0.15) is 33.6 Å². The third-order valence-corrected chi connectivity index (χ3v) is 1.53. The van der Waals surface area contributed by atoms with Crippen LogP contribution in [-0.4, -0.2) is 6.18 Å². The van der Waals surface area contributed by atoms with Gasteiger partial charge < -0.3 is 0 Å². The van der Waals surface area contributed by atoms with Gasteiger partial charge in [-0.1, -0.05) is 27.2 Å². The first-order valence-corrected chi connectivity index (χ1v) is 4.00. The summed E-state index contributed by atoms with van der Waals surface area (Å²) in [7, 11) is 0. The van der Waals surface area contributed by atoms with Crippen LogP contribution in [0, 0.1) is 11.8 Å². The van der Waals surface area contributed by atoms with E-state index in [-0.39, 0.29) is 5.92 Å². The van der Waals surface area contributed by atoms with Gasteiger partial charge in [0.25, 0.3) is 0 Å². The van der Waals surface area contributed by atoms with Crippen molar-refractivity contribution in [3.8, 4) is 0 Å². The predicted molar refractivity (Wildman–Crippen MR) is 39.3 cm³/mol. The summed E-state index contributed by atoms with van der Waals surface area (Å²) in [5, 5.41) is 0. The van der Waals surface area contributed by atoms with E-state index in [0.29, 0.717) is 6.42 Å². The van der Waals surface area contributed by atoms with Crippen LogP contribution in [0.4, 0.5) is 13.2 Å². The Hall–Kier alpha value is -0.210. The third-order valence-electron chi connectivity index (χ3n) is 1.53. The second-order valence-electron chi connectivity index (χ2n) is 3.07. The normalized spacial score (nSPS) is 28.9. The molecular weight excluding hydrogens is 153 g/mol. The highest BCUT2D eigenvalue weighted by Crippen LogP contribution is 2.49. The lowest BCUT2D eigenvalue weighted by atomic mass is 10.3. The molecule has 0 N–H and O–H groups in total. The van der Waals surface area contributed by atoms with Gasteiger partial charge in [-0.05, 0) is 12.3 Å². The number of hydrogen-bond donors (Lipinski definition) is 0. The van der Waals surface area contributed by atoms with E-state index in [4.69, 9.17) is 0 Å². The molecule has 2 atom stereocenters. The summed E-state index contributed by atoms with van der Waals surface area (Å²) >= 11 is 0. The molecule has 0 bridgehead atoms. The lowest BCUT2D eigenvalue weighted by Gasteiger charge is -2.01. The average molecular weight is 168 g/mol. The molecule has 1 saturated carbocycles. The van der Waals surface area contributed by atoms with Gasteiger partial charge in [0.15, 0.2) is 0 Å². The van der Waals surface area contributed by atoms with Crippen molar-refractivity contribution in [1.82, 2.24) is 0 Å². The second kappa shape index (κ2) is 3.98. The molecule has 68 valence electrons. The van der Waals surface area contributed by atoms with Gasteiger partial charge in [-0.15, -0.1) is 0 Å². The highest BCUT2D eigenvalue weighted by atomic mass is 19.4. The molecule has 0 saturated heterocycles. The third kappa shape index (κ3) is 4.27. The van der Waals surface area contributed by atoms with Crippen LogP contribution in [0.25, 0.3) is 0 Å². The van der Waals surface area contributed by atoms with E-state index in [1.54, 1.807) is 6.92 Å². The summed E-state index contributed by atoms with van der Waals surface area (Å²) in [5.74, 6) is -1.10. The molecule has 1 aliphatic carbocycles. The first-order chi connectivity index (χ1) is 4.93. The SMILES string of the molecule is CCC.C[C@H]1C[C@@H]1C(F)(F)F. The maximum absolute atomic E-state index is 11.5. The Bertz CT molecular complexity index is 106. The maximum Gasteiger partial charge on any atom is 0.392 e. The minimum Gasteiger partial charge on any atom is -0.171 e. The van der Waals surface area contributed by atoms with Crippen molar-refractivity contribution < 1.29 is 13.2 Å². The number of rotatable bonds is 0. The summed E-state index contributed by atoms with van der Waals surface area (Å²) in [5.41, 5.74) is 0. The standard InChI is InChI=1S/C5H7F3.C3H8/c1-3-2-4(3)5(6,7)8;1-3-2/h3-4H,2H2,1H3;3H2,1-2H3/t3-,4-;/m0./s1. The fourth-order valence-corrected chi connectivity index (χ4v) is 0.778. The van der Waals surface area contributed by atoms with Crippen LogP contribution >= 0.6 is 0 Å². The molecule has 0 unspecified atom stereocenters. The molecule has 1 fully saturated rings. The molecular formula is C8H15F3. The Kier molecular flexibility index (Phi) is 3.90. The number of halogens is 3. The molecule has 0 spiro atoms. The van der Waals surface area contributed by atoms with Crippen LogP contribution in [0.2, 0.25) is 0 Å². The molecule has 0 aromatic rings. The van der Waals surface area contributed by atoms with Crippen molar-refractivity contribution in [3.63, 3.8) is 0 Å². The van der Waals surface area contributed by atoms with Gasteiger partial charge in [-0.3, -0.25) is 0 Å². The predicted octanol–water partition coefficient (Wildman–Crippen LogP) is 3.62. The van der Waals surface area contributed by atoms with E-state index in [2.05, 4.69) is 13.8 Å². The van der Waals surface area contributed by atoms with Gasteiger partial charge in [0, 0.05) is 0 Å². The zero-order chi connectivity index (χ0) is 9.07. The molecule has 0 aromatic carbocycles. The Morgan fingerprint density at radius 2 is 1.55 bits per heavy atom. The molecule has 1 aliphatic rings. The minimum atomic E-state index is -3.92. The van der Waals surface area contributed by atoms with Crippen molar-refractivity contribution in [1.29, 1.82) is 0 Å². The number of hydrogen-bond acceptors (Lipinski definition) is 0. The summed E-state index contributed by atoms with van der Waals surface area (Å²) in [6, 6.07) is 0. The van der Waals surface area contributed by atoms with E-state index < -0.39 is 12.1 Å². The van der Waals surface area contributed by atoms with E-state index in [0.717, 1.165) is 0 Å². The number of alkyl halides is 3. The molecule has 0 nitrogen and oxygen atoms in total. The van der Waals surface area contributed by atoms with E-state index in [1.165, 1.54) is 6.42 Å². The Morgan fingerprint density at radius 3 is 1.55 bits per heavy atom. The lowest BCUT2D eigenvalue weighted by Crippen LogP contribution is -2.10. The monoisotopic (exact) mass is 168 g/mol. The van der Waals surface area contributed by atoms with Gasteiger partial charge in [0.1, 0.15) is 0 Å². The van der Waals surface area contributed by atoms with E-state index >= 15 is 0 Å². The molecule has 3 heteroatoms. The van der Waals surface area contributed by atoms with Crippen LogP contribution in [0.15, 0.2) is 0 Å². The van der Waals surface area contributed by atoms with Crippen molar-refractivity contribution in [2.45, 2.75) is 39.8 Å². The van der Waals surface area contributed by atoms with Gasteiger partial charge in [-0.25, -0.2) is 0 Å². The van der Waals surface area contributed by atoms with Crippen LogP contribution in [0.5, 0.6) is 0 Å². The van der Waals surface area contributed by atoms with Crippen LogP contribution in [0.3, 0.4) is 0 Å². The van der Waals surface area contributed by atoms with Gasteiger partial charge in [0.2, 0.25) is 0 Å². The fraction of sp³-hybridized carbons (Fsp3) is 1.00. The van der Waals surface area contributed by atoms with Crippen molar-refractivity contribution in [3.05, 3.63) is 0 Å². The minimum absolute atomic E-state index is 0.116. The van der Waals surface area contributed by atoms with E-state index in [1.807, 2.05) is 0 Å². The van der Waals surface area contributed by atoms with Gasteiger partial charge in [-0.2, -0.15) is 13.2 Å². The maximum atomic E-state index is 11.5. The smallest absolute Gasteiger partial charge is 0.171 e. The zero-order valence-corrected chi connectivity index (χ0v) is 7.20. The molecule has 0 heterocycles. The summed E-state index contributed by atoms with van der Waals surface area (Å²) in [6.07, 6.45) is -2.33. The second-order valence-corrected chi connectivity index (χ2v) is 3.07. The Labute approximate surface area is 65.8 Å². The summed E-state index contributed by atoms with van der Waals surface area (Å²) in [4.78, 5) is 0. The first kappa shape index (κ1) is 10.8. The molecule has 1 rings (SSSR count). The summed E-state index contributed by atoms with van der Waals surface area (Å²) < 4.78 is 34.5.